The van der Waals surface area contributed by atoms with Gasteiger partial charge in [-0.25, -0.2) is 4.79 Å². The second-order valence-corrected chi connectivity index (χ2v) is 6.10. The Morgan fingerprint density at radius 2 is 1.83 bits per heavy atom. The summed E-state index contributed by atoms with van der Waals surface area (Å²) >= 11 is 0. The van der Waals surface area contributed by atoms with E-state index in [2.05, 4.69) is 5.32 Å². The van der Waals surface area contributed by atoms with Crippen molar-refractivity contribution in [3.63, 3.8) is 0 Å². The molecule has 1 aromatic rings. The fourth-order valence-corrected chi connectivity index (χ4v) is 2.85. The van der Waals surface area contributed by atoms with E-state index in [1.807, 2.05) is 0 Å². The molecule has 7 heteroatoms. The predicted molar refractivity (Wildman–Crippen MR) is 84.2 cm³/mol. The Morgan fingerprint density at radius 1 is 1.12 bits per heavy atom. The average molecular weight is 335 g/mol. The lowest BCUT2D eigenvalue weighted by atomic mass is 9.98. The molecule has 1 unspecified atom stereocenters. The highest BCUT2D eigenvalue weighted by Gasteiger charge is 2.44. The average Bonchev–Trinajstić information content (AvgIpc) is 3.06. The zero-order chi connectivity index (χ0) is 17.0. The minimum atomic E-state index is -1.34. The van der Waals surface area contributed by atoms with Crippen molar-refractivity contribution in [3.05, 3.63) is 29.8 Å². The lowest BCUT2D eigenvalue weighted by molar-refractivity contribution is -0.144. The first-order valence-corrected chi connectivity index (χ1v) is 8.07. The summed E-state index contributed by atoms with van der Waals surface area (Å²) in [6.07, 6.45) is 2.09. The fraction of sp³-hybridized carbons (Fsp3) is 0.529. The van der Waals surface area contributed by atoms with Gasteiger partial charge in [-0.2, -0.15) is 0 Å². The van der Waals surface area contributed by atoms with Crippen molar-refractivity contribution in [2.75, 3.05) is 26.4 Å². The van der Waals surface area contributed by atoms with E-state index >= 15 is 0 Å². The zero-order valence-corrected chi connectivity index (χ0v) is 13.3. The maximum atomic E-state index is 12.3. The van der Waals surface area contributed by atoms with Crippen LogP contribution in [0.1, 0.15) is 29.6 Å². The SMILES string of the molecule is O=C(NC1(C(=O)O)CCOC1)c1ccc(OC2CCOCC2)cc1. The van der Waals surface area contributed by atoms with E-state index in [0.717, 1.165) is 12.8 Å². The third kappa shape index (κ3) is 3.68. The second kappa shape index (κ2) is 7.19. The van der Waals surface area contributed by atoms with Gasteiger partial charge in [-0.05, 0) is 24.3 Å². The number of carbonyl (C=O) groups excluding carboxylic acids is 1. The first-order valence-electron chi connectivity index (χ1n) is 8.07. The summed E-state index contributed by atoms with van der Waals surface area (Å²) in [4.78, 5) is 23.8. The molecule has 0 aliphatic carbocycles. The third-order valence-electron chi connectivity index (χ3n) is 4.37. The molecule has 1 atom stereocenters. The maximum absolute atomic E-state index is 12.3. The van der Waals surface area contributed by atoms with Crippen molar-refractivity contribution >= 4 is 11.9 Å². The summed E-state index contributed by atoms with van der Waals surface area (Å²) in [7, 11) is 0. The van der Waals surface area contributed by atoms with Crippen LogP contribution >= 0.6 is 0 Å². The van der Waals surface area contributed by atoms with Gasteiger partial charge >= 0.3 is 5.97 Å². The van der Waals surface area contributed by atoms with Crippen LogP contribution in [-0.4, -0.2) is 55.1 Å². The Hall–Kier alpha value is -2.12. The molecule has 0 saturated carbocycles. The quantitative estimate of drug-likeness (QED) is 0.840. The van der Waals surface area contributed by atoms with Gasteiger partial charge in [0, 0.05) is 31.4 Å². The van der Waals surface area contributed by atoms with Crippen LogP contribution < -0.4 is 10.1 Å². The minimum absolute atomic E-state index is 0.0149. The van der Waals surface area contributed by atoms with Gasteiger partial charge in [-0.15, -0.1) is 0 Å². The Labute approximate surface area is 139 Å². The minimum Gasteiger partial charge on any atom is -0.490 e. The molecular formula is C17H21NO6. The summed E-state index contributed by atoms with van der Waals surface area (Å²) in [6, 6.07) is 6.72. The van der Waals surface area contributed by atoms with Crippen LogP contribution in [0.4, 0.5) is 0 Å². The summed E-state index contributed by atoms with van der Waals surface area (Å²) < 4.78 is 16.3. The van der Waals surface area contributed by atoms with Crippen molar-refractivity contribution in [2.45, 2.75) is 30.9 Å². The van der Waals surface area contributed by atoms with E-state index in [0.29, 0.717) is 31.1 Å². The number of rotatable bonds is 5. The Balaban J connectivity index is 1.62. The van der Waals surface area contributed by atoms with E-state index in [4.69, 9.17) is 14.2 Å². The number of carboxylic acid groups (broad SMARTS) is 1. The number of aliphatic carboxylic acids is 1. The smallest absolute Gasteiger partial charge is 0.331 e. The van der Waals surface area contributed by atoms with Crippen LogP contribution in [0, 0.1) is 0 Å². The first-order chi connectivity index (χ1) is 11.6. The standard InChI is InChI=1S/C17H21NO6/c19-15(18-17(16(20)21)7-10-23-11-17)12-1-3-13(4-2-12)24-14-5-8-22-9-6-14/h1-4,14H,5-11H2,(H,18,19)(H,20,21). The molecule has 2 aliphatic heterocycles. The molecule has 2 heterocycles. The monoisotopic (exact) mass is 335 g/mol. The molecule has 1 aromatic carbocycles. The second-order valence-electron chi connectivity index (χ2n) is 6.10. The van der Waals surface area contributed by atoms with Crippen LogP contribution in [0.2, 0.25) is 0 Å². The van der Waals surface area contributed by atoms with E-state index < -0.39 is 17.4 Å². The van der Waals surface area contributed by atoms with Crippen molar-refractivity contribution in [1.82, 2.24) is 5.32 Å². The highest BCUT2D eigenvalue weighted by molar-refractivity contribution is 5.98. The van der Waals surface area contributed by atoms with Gasteiger partial charge in [0.25, 0.3) is 5.91 Å². The highest BCUT2D eigenvalue weighted by atomic mass is 16.5. The molecule has 0 radical (unpaired) electrons. The number of nitrogens with one attached hydrogen (secondary N) is 1. The van der Waals surface area contributed by atoms with Gasteiger partial charge in [-0.1, -0.05) is 0 Å². The number of hydrogen-bond donors (Lipinski definition) is 2. The molecule has 2 fully saturated rings. The largest absolute Gasteiger partial charge is 0.490 e. The lowest BCUT2D eigenvalue weighted by Crippen LogP contribution is -2.55. The topological polar surface area (TPSA) is 94.1 Å². The number of benzene rings is 1. The Bertz CT molecular complexity index is 588. The summed E-state index contributed by atoms with van der Waals surface area (Å²) in [6.45, 7) is 1.71. The normalized spacial score (nSPS) is 24.5. The molecule has 2 aliphatic rings. The van der Waals surface area contributed by atoms with Crippen LogP contribution in [0.15, 0.2) is 24.3 Å². The molecule has 2 N–H and O–H groups in total. The number of amides is 1. The van der Waals surface area contributed by atoms with E-state index in [1.165, 1.54) is 0 Å². The molecule has 0 spiro atoms. The van der Waals surface area contributed by atoms with Crippen LogP contribution in [-0.2, 0) is 14.3 Å². The molecule has 2 saturated heterocycles. The van der Waals surface area contributed by atoms with Gasteiger partial charge in [0.1, 0.15) is 11.9 Å². The summed E-state index contributed by atoms with van der Waals surface area (Å²) in [5.74, 6) is -0.816. The fourth-order valence-electron chi connectivity index (χ4n) is 2.85. The number of carboxylic acids is 1. The molecule has 1 amide bonds. The predicted octanol–water partition coefficient (Wildman–Crippen LogP) is 1.22. The Kier molecular flexibility index (Phi) is 5.01. The molecule has 130 valence electrons. The van der Waals surface area contributed by atoms with Gasteiger partial charge in [0.05, 0.1) is 19.8 Å². The van der Waals surface area contributed by atoms with Gasteiger partial charge in [-0.3, -0.25) is 4.79 Å². The number of ether oxygens (including phenoxy) is 3. The lowest BCUT2D eigenvalue weighted by Gasteiger charge is -2.24. The van der Waals surface area contributed by atoms with Crippen molar-refractivity contribution in [2.24, 2.45) is 0 Å². The van der Waals surface area contributed by atoms with Crippen LogP contribution in [0.3, 0.4) is 0 Å². The van der Waals surface area contributed by atoms with E-state index in [9.17, 15) is 14.7 Å². The zero-order valence-electron chi connectivity index (χ0n) is 13.3. The van der Waals surface area contributed by atoms with Gasteiger partial charge < -0.3 is 24.6 Å². The molecule has 0 aromatic heterocycles. The number of carbonyl (C=O) groups is 2. The summed E-state index contributed by atoms with van der Waals surface area (Å²) in [5.41, 5.74) is -0.948. The van der Waals surface area contributed by atoms with Gasteiger partial charge in [0.2, 0.25) is 0 Å². The van der Waals surface area contributed by atoms with Crippen LogP contribution in [0.25, 0.3) is 0 Å². The number of hydrogen-bond acceptors (Lipinski definition) is 5. The molecule has 24 heavy (non-hydrogen) atoms. The van der Waals surface area contributed by atoms with E-state index in [1.54, 1.807) is 24.3 Å². The molecular weight excluding hydrogens is 314 g/mol. The first kappa shape index (κ1) is 16.7. The molecule has 0 bridgehead atoms. The van der Waals surface area contributed by atoms with Crippen molar-refractivity contribution in [1.29, 1.82) is 0 Å². The van der Waals surface area contributed by atoms with E-state index in [-0.39, 0.29) is 19.1 Å². The molecule has 7 nitrogen and oxygen atoms in total. The van der Waals surface area contributed by atoms with Crippen molar-refractivity contribution < 1.29 is 28.9 Å². The van der Waals surface area contributed by atoms with Gasteiger partial charge in [0.15, 0.2) is 5.54 Å². The molecule has 3 rings (SSSR count). The highest BCUT2D eigenvalue weighted by Crippen LogP contribution is 2.21. The third-order valence-corrected chi connectivity index (χ3v) is 4.37. The van der Waals surface area contributed by atoms with Crippen LogP contribution in [0.5, 0.6) is 5.75 Å². The maximum Gasteiger partial charge on any atom is 0.331 e. The summed E-state index contributed by atoms with van der Waals surface area (Å²) in [5, 5.41) is 11.9. The Morgan fingerprint density at radius 3 is 2.42 bits per heavy atom. The van der Waals surface area contributed by atoms with Crippen molar-refractivity contribution in [3.8, 4) is 5.75 Å².